The van der Waals surface area contributed by atoms with Gasteiger partial charge < -0.3 is 5.11 Å². The number of piperidine rings is 1. The Kier molecular flexibility index (Phi) is 3.08. The van der Waals surface area contributed by atoms with E-state index in [0.717, 1.165) is 12.8 Å². The van der Waals surface area contributed by atoms with Gasteiger partial charge in [0.1, 0.15) is 5.54 Å². The highest BCUT2D eigenvalue weighted by Crippen LogP contribution is 2.47. The largest absolute Gasteiger partial charge is 0.480 e. The van der Waals surface area contributed by atoms with Gasteiger partial charge in [0.15, 0.2) is 0 Å². The Morgan fingerprint density at radius 3 is 2.45 bits per heavy atom. The van der Waals surface area contributed by atoms with Gasteiger partial charge in [0.2, 0.25) is 11.8 Å². The molecular formula is C14H20N2O4. The summed E-state index contributed by atoms with van der Waals surface area (Å²) in [6.45, 7) is 2.03. The molecule has 0 aromatic carbocycles. The number of carbonyl (C=O) groups excluding carboxylic acids is 2. The number of rotatable bonds is 7. The van der Waals surface area contributed by atoms with Crippen LogP contribution in [0.3, 0.4) is 0 Å². The molecule has 1 heterocycles. The number of carbonyl (C=O) groups is 3. The van der Waals surface area contributed by atoms with Crippen molar-refractivity contribution in [1.82, 2.24) is 10.2 Å². The van der Waals surface area contributed by atoms with Crippen LogP contribution in [0.15, 0.2) is 0 Å². The molecule has 20 heavy (non-hydrogen) atoms. The van der Waals surface area contributed by atoms with Crippen LogP contribution in [0.2, 0.25) is 0 Å². The molecule has 3 atom stereocenters. The minimum absolute atomic E-state index is 0.0628. The normalized spacial score (nSPS) is 31.1. The molecule has 0 spiro atoms. The third-order valence-corrected chi connectivity index (χ3v) is 4.59. The maximum absolute atomic E-state index is 11.8. The van der Waals surface area contributed by atoms with E-state index in [-0.39, 0.29) is 23.7 Å². The van der Waals surface area contributed by atoms with Crippen molar-refractivity contribution >= 4 is 17.8 Å². The first kappa shape index (κ1) is 13.5. The van der Waals surface area contributed by atoms with Crippen molar-refractivity contribution < 1.29 is 19.5 Å². The van der Waals surface area contributed by atoms with E-state index in [1.807, 2.05) is 0 Å². The molecule has 0 aromatic heterocycles. The van der Waals surface area contributed by atoms with Crippen molar-refractivity contribution in [2.75, 3.05) is 6.54 Å². The molecule has 6 heteroatoms. The first-order chi connectivity index (χ1) is 9.42. The summed E-state index contributed by atoms with van der Waals surface area (Å²) in [4.78, 5) is 36.3. The lowest BCUT2D eigenvalue weighted by Crippen LogP contribution is -2.51. The van der Waals surface area contributed by atoms with E-state index < -0.39 is 11.5 Å². The predicted molar refractivity (Wildman–Crippen MR) is 69.7 cm³/mol. The SMILES string of the molecule is CC(CCCN1C(=O)C2CC2C1=O)(NC1CC1)C(=O)O. The number of carboxylic acid groups (broad SMARTS) is 1. The lowest BCUT2D eigenvalue weighted by Gasteiger charge is -2.27. The molecule has 3 aliphatic rings. The molecule has 0 radical (unpaired) electrons. The number of aliphatic carboxylic acids is 1. The number of nitrogens with one attached hydrogen (secondary N) is 1. The number of likely N-dealkylation sites (tertiary alicyclic amines) is 1. The van der Waals surface area contributed by atoms with Crippen LogP contribution in [0, 0.1) is 11.8 Å². The molecule has 2 amide bonds. The van der Waals surface area contributed by atoms with Crippen LogP contribution in [0.5, 0.6) is 0 Å². The third kappa shape index (κ3) is 2.32. The lowest BCUT2D eigenvalue weighted by atomic mass is 9.95. The molecule has 1 saturated heterocycles. The summed E-state index contributed by atoms with van der Waals surface area (Å²) in [5.41, 5.74) is -0.962. The van der Waals surface area contributed by atoms with Gasteiger partial charge in [-0.15, -0.1) is 0 Å². The maximum Gasteiger partial charge on any atom is 0.323 e. The Labute approximate surface area is 117 Å². The van der Waals surface area contributed by atoms with Crippen molar-refractivity contribution in [3.63, 3.8) is 0 Å². The van der Waals surface area contributed by atoms with E-state index in [1.165, 1.54) is 4.90 Å². The van der Waals surface area contributed by atoms with E-state index in [1.54, 1.807) is 6.92 Å². The fourth-order valence-corrected chi connectivity index (χ4v) is 2.98. The molecular weight excluding hydrogens is 260 g/mol. The third-order valence-electron chi connectivity index (χ3n) is 4.59. The Balaban J connectivity index is 1.51. The standard InChI is InChI=1S/C14H20N2O4/c1-14(13(19)20,15-8-3-4-8)5-2-6-16-11(17)9-7-10(9)12(16)18/h8-10,15H,2-7H2,1H3,(H,19,20). The van der Waals surface area contributed by atoms with Crippen LogP contribution in [-0.2, 0) is 14.4 Å². The number of imide groups is 1. The second kappa shape index (κ2) is 4.55. The molecule has 0 aromatic rings. The highest BCUT2D eigenvalue weighted by Gasteiger charge is 2.58. The minimum Gasteiger partial charge on any atom is -0.480 e. The second-order valence-corrected chi connectivity index (χ2v) is 6.44. The summed E-state index contributed by atoms with van der Waals surface area (Å²) in [7, 11) is 0. The van der Waals surface area contributed by atoms with Crippen molar-refractivity contribution in [3.8, 4) is 0 Å². The zero-order valence-electron chi connectivity index (χ0n) is 11.6. The number of hydrogen-bond acceptors (Lipinski definition) is 4. The van der Waals surface area contributed by atoms with Crippen LogP contribution >= 0.6 is 0 Å². The summed E-state index contributed by atoms with van der Waals surface area (Å²) in [6, 6.07) is 0.304. The minimum atomic E-state index is -0.962. The fraction of sp³-hybridized carbons (Fsp3) is 0.786. The summed E-state index contributed by atoms with van der Waals surface area (Å²) in [5, 5.41) is 12.5. The van der Waals surface area contributed by atoms with Gasteiger partial charge in [0.25, 0.3) is 0 Å². The van der Waals surface area contributed by atoms with Crippen molar-refractivity contribution in [3.05, 3.63) is 0 Å². The van der Waals surface area contributed by atoms with E-state index in [0.29, 0.717) is 31.8 Å². The van der Waals surface area contributed by atoms with Gasteiger partial charge in [-0.3, -0.25) is 24.6 Å². The lowest BCUT2D eigenvalue weighted by molar-refractivity contribution is -0.144. The Morgan fingerprint density at radius 1 is 1.35 bits per heavy atom. The number of hydrogen-bond donors (Lipinski definition) is 2. The average molecular weight is 280 g/mol. The van der Waals surface area contributed by atoms with E-state index in [2.05, 4.69) is 5.32 Å². The molecule has 3 rings (SSSR count). The molecule has 2 saturated carbocycles. The van der Waals surface area contributed by atoms with Gasteiger partial charge in [-0.2, -0.15) is 0 Å². The smallest absolute Gasteiger partial charge is 0.323 e. The van der Waals surface area contributed by atoms with Crippen molar-refractivity contribution in [2.45, 2.75) is 50.6 Å². The van der Waals surface area contributed by atoms with Gasteiger partial charge in [0.05, 0.1) is 11.8 Å². The first-order valence-electron chi connectivity index (χ1n) is 7.29. The molecule has 0 bridgehead atoms. The zero-order chi connectivity index (χ0) is 14.5. The van der Waals surface area contributed by atoms with Gasteiger partial charge in [-0.25, -0.2) is 0 Å². The maximum atomic E-state index is 11.8. The number of carboxylic acids is 1. The van der Waals surface area contributed by atoms with Gasteiger partial charge >= 0.3 is 5.97 Å². The second-order valence-electron chi connectivity index (χ2n) is 6.44. The number of nitrogens with zero attached hydrogens (tertiary/aromatic N) is 1. The van der Waals surface area contributed by atoms with Crippen LogP contribution in [-0.4, -0.2) is 45.9 Å². The number of amides is 2. The fourth-order valence-electron chi connectivity index (χ4n) is 2.98. The predicted octanol–water partition coefficient (Wildman–Crippen LogP) is 0.367. The Bertz CT molecular complexity index is 454. The monoisotopic (exact) mass is 280 g/mol. The quantitative estimate of drug-likeness (QED) is 0.658. The van der Waals surface area contributed by atoms with Crippen LogP contribution in [0.25, 0.3) is 0 Å². The van der Waals surface area contributed by atoms with E-state index >= 15 is 0 Å². The molecule has 3 fully saturated rings. The summed E-state index contributed by atoms with van der Waals surface area (Å²) in [6.07, 6.45) is 3.71. The van der Waals surface area contributed by atoms with Crippen LogP contribution in [0.4, 0.5) is 0 Å². The first-order valence-corrected chi connectivity index (χ1v) is 7.29. The average Bonchev–Trinajstić information content (AvgIpc) is 3.25. The molecule has 110 valence electrons. The summed E-state index contributed by atoms with van der Waals surface area (Å²) in [5.74, 6) is -1.14. The highest BCUT2D eigenvalue weighted by atomic mass is 16.4. The summed E-state index contributed by atoms with van der Waals surface area (Å²) >= 11 is 0. The summed E-state index contributed by atoms with van der Waals surface area (Å²) < 4.78 is 0. The van der Waals surface area contributed by atoms with Crippen molar-refractivity contribution in [2.24, 2.45) is 11.8 Å². The molecule has 3 unspecified atom stereocenters. The van der Waals surface area contributed by atoms with E-state index in [4.69, 9.17) is 0 Å². The molecule has 2 aliphatic carbocycles. The van der Waals surface area contributed by atoms with E-state index in [9.17, 15) is 19.5 Å². The van der Waals surface area contributed by atoms with Crippen molar-refractivity contribution in [1.29, 1.82) is 0 Å². The van der Waals surface area contributed by atoms with Gasteiger partial charge in [-0.1, -0.05) is 0 Å². The Hall–Kier alpha value is -1.43. The number of fused-ring (bicyclic) bond motifs is 1. The van der Waals surface area contributed by atoms with Gasteiger partial charge in [0, 0.05) is 12.6 Å². The van der Waals surface area contributed by atoms with Crippen LogP contribution in [0.1, 0.15) is 39.0 Å². The van der Waals surface area contributed by atoms with Gasteiger partial charge in [-0.05, 0) is 39.0 Å². The zero-order valence-corrected chi connectivity index (χ0v) is 11.6. The highest BCUT2D eigenvalue weighted by molar-refractivity contribution is 6.08. The topological polar surface area (TPSA) is 86.7 Å². The Morgan fingerprint density at radius 2 is 1.95 bits per heavy atom. The van der Waals surface area contributed by atoms with Crippen LogP contribution < -0.4 is 5.32 Å². The molecule has 2 N–H and O–H groups in total. The molecule has 6 nitrogen and oxygen atoms in total. The molecule has 1 aliphatic heterocycles.